The summed E-state index contributed by atoms with van der Waals surface area (Å²) >= 11 is 0. The number of aliphatic carboxylic acids is 1. The lowest BCUT2D eigenvalue weighted by molar-refractivity contribution is -0.140. The summed E-state index contributed by atoms with van der Waals surface area (Å²) in [6, 6.07) is 12.6. The predicted octanol–water partition coefficient (Wildman–Crippen LogP) is 2.35. The number of hydrogen-bond acceptors (Lipinski definition) is 4. The average Bonchev–Trinajstić information content (AvgIpc) is 2.98. The van der Waals surface area contributed by atoms with Gasteiger partial charge in [-0.2, -0.15) is 5.26 Å². The third kappa shape index (κ3) is 3.28. The lowest BCUT2D eigenvalue weighted by Crippen LogP contribution is -2.35. The standard InChI is InChI=1S/C15H12N2O4/c16-10-12(13-7-4-8-21-13)17(14(18)9-15(19)20)11-5-2-1-3-6-11/h1-8,12H,9H2,(H,19,20). The van der Waals surface area contributed by atoms with Crippen LogP contribution < -0.4 is 4.90 Å². The van der Waals surface area contributed by atoms with Crippen LogP contribution in [0.15, 0.2) is 53.1 Å². The van der Waals surface area contributed by atoms with E-state index in [2.05, 4.69) is 0 Å². The highest BCUT2D eigenvalue weighted by molar-refractivity contribution is 6.03. The molecule has 21 heavy (non-hydrogen) atoms. The van der Waals surface area contributed by atoms with Crippen molar-refractivity contribution in [2.45, 2.75) is 12.5 Å². The van der Waals surface area contributed by atoms with Gasteiger partial charge in [0, 0.05) is 5.69 Å². The number of carbonyl (C=O) groups is 2. The Hall–Kier alpha value is -3.07. The van der Waals surface area contributed by atoms with E-state index in [1.165, 1.54) is 6.26 Å². The van der Waals surface area contributed by atoms with Gasteiger partial charge in [0.05, 0.1) is 12.3 Å². The van der Waals surface area contributed by atoms with Gasteiger partial charge >= 0.3 is 5.97 Å². The fourth-order valence-corrected chi connectivity index (χ4v) is 1.94. The van der Waals surface area contributed by atoms with Crippen molar-refractivity contribution in [3.8, 4) is 6.07 Å². The number of hydrogen-bond donors (Lipinski definition) is 1. The molecule has 0 radical (unpaired) electrons. The highest BCUT2D eigenvalue weighted by Gasteiger charge is 2.29. The van der Waals surface area contributed by atoms with Crippen molar-refractivity contribution in [1.29, 1.82) is 5.26 Å². The van der Waals surface area contributed by atoms with Crippen molar-refractivity contribution < 1.29 is 19.1 Å². The van der Waals surface area contributed by atoms with Gasteiger partial charge in [0.1, 0.15) is 12.2 Å². The lowest BCUT2D eigenvalue weighted by Gasteiger charge is -2.25. The van der Waals surface area contributed by atoms with Crippen molar-refractivity contribution in [3.05, 3.63) is 54.5 Å². The monoisotopic (exact) mass is 284 g/mol. The smallest absolute Gasteiger partial charge is 0.312 e. The molecule has 0 bridgehead atoms. The van der Waals surface area contributed by atoms with Crippen molar-refractivity contribution in [3.63, 3.8) is 0 Å². The molecule has 0 saturated carbocycles. The first kappa shape index (κ1) is 14.3. The predicted molar refractivity (Wildman–Crippen MR) is 73.2 cm³/mol. The highest BCUT2D eigenvalue weighted by atomic mass is 16.4. The van der Waals surface area contributed by atoms with Crippen LogP contribution in [0.1, 0.15) is 18.2 Å². The molecule has 1 atom stereocenters. The Balaban J connectivity index is 2.43. The largest absolute Gasteiger partial charge is 0.481 e. The van der Waals surface area contributed by atoms with E-state index >= 15 is 0 Å². The second-order valence-corrected chi connectivity index (χ2v) is 4.22. The van der Waals surface area contributed by atoms with E-state index < -0.39 is 24.3 Å². The normalized spacial score (nSPS) is 11.4. The number of nitriles is 1. The number of para-hydroxylation sites is 1. The Kier molecular flexibility index (Phi) is 4.36. The highest BCUT2D eigenvalue weighted by Crippen LogP contribution is 2.27. The van der Waals surface area contributed by atoms with Gasteiger partial charge in [0.2, 0.25) is 5.91 Å². The summed E-state index contributed by atoms with van der Waals surface area (Å²) in [5, 5.41) is 18.2. The van der Waals surface area contributed by atoms with Crippen LogP contribution in [0, 0.1) is 11.3 Å². The van der Waals surface area contributed by atoms with Crippen LogP contribution in [0.4, 0.5) is 5.69 Å². The number of carboxylic acids is 1. The van der Waals surface area contributed by atoms with Crippen LogP contribution in [0.2, 0.25) is 0 Å². The zero-order chi connectivity index (χ0) is 15.2. The number of benzene rings is 1. The van der Waals surface area contributed by atoms with Crippen LogP contribution in [0.3, 0.4) is 0 Å². The first-order chi connectivity index (χ1) is 10.1. The molecule has 0 fully saturated rings. The van der Waals surface area contributed by atoms with Gasteiger partial charge in [-0.1, -0.05) is 18.2 Å². The number of carboxylic acid groups (broad SMARTS) is 1. The minimum atomic E-state index is -1.25. The van der Waals surface area contributed by atoms with Crippen LogP contribution in [0.25, 0.3) is 0 Å². The summed E-state index contributed by atoms with van der Waals surface area (Å²) in [5.74, 6) is -1.66. The van der Waals surface area contributed by atoms with Gasteiger partial charge in [-0.25, -0.2) is 0 Å². The summed E-state index contributed by atoms with van der Waals surface area (Å²) < 4.78 is 5.18. The molecule has 1 N–H and O–H groups in total. The summed E-state index contributed by atoms with van der Waals surface area (Å²) in [4.78, 5) is 24.1. The van der Waals surface area contributed by atoms with Crippen molar-refractivity contribution in [2.24, 2.45) is 0 Å². The molecule has 1 amide bonds. The molecule has 1 aromatic carbocycles. The van der Waals surface area contributed by atoms with Gasteiger partial charge in [0.15, 0.2) is 6.04 Å². The molecule has 0 aliphatic heterocycles. The fraction of sp³-hybridized carbons (Fsp3) is 0.133. The second-order valence-electron chi connectivity index (χ2n) is 4.22. The lowest BCUT2D eigenvalue weighted by atomic mass is 10.1. The van der Waals surface area contributed by atoms with Crippen LogP contribution in [-0.4, -0.2) is 17.0 Å². The molecule has 6 nitrogen and oxygen atoms in total. The summed E-state index contributed by atoms with van der Waals surface area (Å²) in [6.45, 7) is 0. The fourth-order valence-electron chi connectivity index (χ4n) is 1.94. The summed E-state index contributed by atoms with van der Waals surface area (Å²) in [6.07, 6.45) is 0.693. The van der Waals surface area contributed by atoms with Gasteiger partial charge in [0.25, 0.3) is 0 Å². The van der Waals surface area contributed by atoms with Crippen molar-refractivity contribution >= 4 is 17.6 Å². The van der Waals surface area contributed by atoms with Gasteiger partial charge in [-0.05, 0) is 24.3 Å². The molecule has 2 rings (SSSR count). The molecule has 1 unspecified atom stereocenters. The first-order valence-electron chi connectivity index (χ1n) is 6.15. The number of anilines is 1. The topological polar surface area (TPSA) is 94.5 Å². The second kappa shape index (κ2) is 6.39. The molecular formula is C15H12N2O4. The van der Waals surface area contributed by atoms with Crippen LogP contribution >= 0.6 is 0 Å². The Bertz CT molecular complexity index is 659. The van der Waals surface area contributed by atoms with E-state index in [1.54, 1.807) is 42.5 Å². The van der Waals surface area contributed by atoms with E-state index in [4.69, 9.17) is 9.52 Å². The molecule has 106 valence electrons. The third-order valence-corrected chi connectivity index (χ3v) is 2.80. The molecular weight excluding hydrogens is 272 g/mol. The number of nitrogens with zero attached hydrogens (tertiary/aromatic N) is 2. The zero-order valence-corrected chi connectivity index (χ0v) is 11.0. The Morgan fingerprint density at radius 2 is 1.95 bits per heavy atom. The van der Waals surface area contributed by atoms with Crippen LogP contribution in [-0.2, 0) is 9.59 Å². The maximum absolute atomic E-state index is 12.2. The SMILES string of the molecule is N#CC(c1ccco1)N(C(=O)CC(=O)O)c1ccccc1. The minimum Gasteiger partial charge on any atom is -0.481 e. The van der Waals surface area contributed by atoms with E-state index in [9.17, 15) is 14.9 Å². The number of furan rings is 1. The van der Waals surface area contributed by atoms with Gasteiger partial charge < -0.3 is 9.52 Å². The van der Waals surface area contributed by atoms with Crippen molar-refractivity contribution in [1.82, 2.24) is 0 Å². The van der Waals surface area contributed by atoms with Crippen LogP contribution in [0.5, 0.6) is 0 Å². The third-order valence-electron chi connectivity index (χ3n) is 2.80. The molecule has 0 aliphatic rings. The van der Waals surface area contributed by atoms with Crippen molar-refractivity contribution in [2.75, 3.05) is 4.90 Å². The minimum absolute atomic E-state index is 0.278. The molecule has 0 aliphatic carbocycles. The number of rotatable bonds is 5. The molecule has 1 aromatic heterocycles. The van der Waals surface area contributed by atoms with E-state index in [0.29, 0.717) is 5.69 Å². The van der Waals surface area contributed by atoms with E-state index in [0.717, 1.165) is 4.90 Å². The quantitative estimate of drug-likeness (QED) is 0.850. The zero-order valence-electron chi connectivity index (χ0n) is 11.0. The molecule has 6 heteroatoms. The molecule has 0 saturated heterocycles. The van der Waals surface area contributed by atoms with E-state index in [-0.39, 0.29) is 5.76 Å². The summed E-state index contributed by atoms with van der Waals surface area (Å²) in [5.41, 5.74) is 0.437. The molecule has 1 heterocycles. The van der Waals surface area contributed by atoms with Gasteiger partial charge in [-0.3, -0.25) is 14.5 Å². The Labute approximate surface area is 120 Å². The Morgan fingerprint density at radius 1 is 1.24 bits per heavy atom. The van der Waals surface area contributed by atoms with Gasteiger partial charge in [-0.15, -0.1) is 0 Å². The Morgan fingerprint density at radius 3 is 2.48 bits per heavy atom. The summed E-state index contributed by atoms with van der Waals surface area (Å²) in [7, 11) is 0. The molecule has 0 spiro atoms. The molecule has 2 aromatic rings. The maximum Gasteiger partial charge on any atom is 0.312 e. The number of amides is 1. The first-order valence-corrected chi connectivity index (χ1v) is 6.15. The average molecular weight is 284 g/mol. The maximum atomic E-state index is 12.2. The van der Waals surface area contributed by atoms with E-state index in [1.807, 2.05) is 6.07 Å². The number of carbonyl (C=O) groups excluding carboxylic acids is 1.